The van der Waals surface area contributed by atoms with Crippen molar-refractivity contribution in [3.05, 3.63) is 35.9 Å². The van der Waals surface area contributed by atoms with Crippen molar-refractivity contribution in [3.8, 4) is 0 Å². The molecule has 1 aromatic rings. The van der Waals surface area contributed by atoms with Gasteiger partial charge in [-0.1, -0.05) is 35.5 Å². The van der Waals surface area contributed by atoms with Gasteiger partial charge in [-0.15, -0.1) is 0 Å². The summed E-state index contributed by atoms with van der Waals surface area (Å²) in [5.41, 5.74) is 0.913. The second kappa shape index (κ2) is 5.72. The van der Waals surface area contributed by atoms with Crippen LogP contribution >= 0.6 is 0 Å². The average Bonchev–Trinajstić information content (AvgIpc) is 2.90. The van der Waals surface area contributed by atoms with Gasteiger partial charge in [0.1, 0.15) is 0 Å². The molecule has 118 valence electrons. The van der Waals surface area contributed by atoms with Crippen LogP contribution in [0.2, 0.25) is 0 Å². The van der Waals surface area contributed by atoms with E-state index in [1.807, 2.05) is 56.0 Å². The van der Waals surface area contributed by atoms with Crippen LogP contribution in [0, 0.1) is 0 Å². The lowest BCUT2D eigenvalue weighted by Gasteiger charge is -2.38. The van der Waals surface area contributed by atoms with Gasteiger partial charge in [-0.05, 0) is 26.3 Å². The molecule has 1 fully saturated rings. The van der Waals surface area contributed by atoms with Crippen molar-refractivity contribution in [1.82, 2.24) is 4.90 Å². The molecule has 0 N–H and O–H groups in total. The van der Waals surface area contributed by atoms with Gasteiger partial charge in [-0.2, -0.15) is 0 Å². The lowest BCUT2D eigenvalue weighted by molar-refractivity contribution is -0.164. The number of hydrogen-bond donors (Lipinski definition) is 0. The summed E-state index contributed by atoms with van der Waals surface area (Å²) in [4.78, 5) is 20.2. The molecule has 5 heteroatoms. The van der Waals surface area contributed by atoms with E-state index in [1.54, 1.807) is 0 Å². The van der Waals surface area contributed by atoms with Gasteiger partial charge in [0.25, 0.3) is 5.91 Å². The van der Waals surface area contributed by atoms with E-state index in [1.165, 1.54) is 0 Å². The van der Waals surface area contributed by atoms with Crippen LogP contribution in [0.3, 0.4) is 0 Å². The minimum absolute atomic E-state index is 0.0100. The first-order valence-electron chi connectivity index (χ1n) is 7.73. The Morgan fingerprint density at radius 1 is 1.23 bits per heavy atom. The molecule has 0 aliphatic carbocycles. The highest BCUT2D eigenvalue weighted by atomic mass is 16.7. The Morgan fingerprint density at radius 2 is 1.86 bits per heavy atom. The van der Waals surface area contributed by atoms with Crippen molar-refractivity contribution in [1.29, 1.82) is 0 Å². The Labute approximate surface area is 130 Å². The molecule has 1 aromatic carbocycles. The molecule has 5 nitrogen and oxygen atoms in total. The van der Waals surface area contributed by atoms with Crippen LogP contribution < -0.4 is 0 Å². The predicted octanol–water partition coefficient (Wildman–Crippen LogP) is 2.21. The number of rotatable bonds is 2. The van der Waals surface area contributed by atoms with Gasteiger partial charge >= 0.3 is 0 Å². The fourth-order valence-corrected chi connectivity index (χ4v) is 3.12. The topological polar surface area (TPSA) is 51.1 Å². The van der Waals surface area contributed by atoms with Crippen molar-refractivity contribution in [2.45, 2.75) is 45.0 Å². The number of carbonyl (C=O) groups excluding carboxylic acids is 1. The third kappa shape index (κ3) is 2.86. The van der Waals surface area contributed by atoms with Crippen LogP contribution in [0.5, 0.6) is 0 Å². The highest BCUT2D eigenvalue weighted by molar-refractivity contribution is 6.05. The maximum absolute atomic E-state index is 12.9. The van der Waals surface area contributed by atoms with E-state index >= 15 is 0 Å². The fourth-order valence-electron chi connectivity index (χ4n) is 3.12. The van der Waals surface area contributed by atoms with Gasteiger partial charge in [0.2, 0.25) is 5.60 Å². The number of morpholine rings is 1. The molecule has 2 heterocycles. The number of oxime groups is 1. The maximum Gasteiger partial charge on any atom is 0.269 e. The van der Waals surface area contributed by atoms with Crippen LogP contribution in [-0.2, 0) is 14.4 Å². The maximum atomic E-state index is 12.9. The lowest BCUT2D eigenvalue weighted by atomic mass is 9.94. The van der Waals surface area contributed by atoms with Gasteiger partial charge in [0.15, 0.2) is 0 Å². The number of nitrogens with zero attached hydrogens (tertiary/aromatic N) is 2. The van der Waals surface area contributed by atoms with Crippen LogP contribution in [0.15, 0.2) is 35.5 Å². The monoisotopic (exact) mass is 302 g/mol. The zero-order valence-electron chi connectivity index (χ0n) is 13.3. The van der Waals surface area contributed by atoms with Gasteiger partial charge < -0.3 is 14.5 Å². The summed E-state index contributed by atoms with van der Waals surface area (Å²) in [5.74, 6) is -0.0100. The van der Waals surface area contributed by atoms with Gasteiger partial charge in [-0.3, -0.25) is 4.79 Å². The molecular weight excluding hydrogens is 280 g/mol. The van der Waals surface area contributed by atoms with Crippen LogP contribution in [0.25, 0.3) is 0 Å². The van der Waals surface area contributed by atoms with Crippen LogP contribution in [-0.4, -0.2) is 47.4 Å². The Bertz CT molecular complexity index is 577. The summed E-state index contributed by atoms with van der Waals surface area (Å²) in [5, 5.41) is 4.15. The number of hydrogen-bond acceptors (Lipinski definition) is 4. The van der Waals surface area contributed by atoms with Crippen LogP contribution in [0.4, 0.5) is 0 Å². The normalized spacial score (nSPS) is 31.6. The van der Waals surface area contributed by atoms with Crippen molar-refractivity contribution in [2.24, 2.45) is 5.16 Å². The molecule has 2 aliphatic heterocycles. The first-order valence-corrected chi connectivity index (χ1v) is 7.73. The van der Waals surface area contributed by atoms with Crippen molar-refractivity contribution < 1.29 is 14.4 Å². The zero-order valence-corrected chi connectivity index (χ0v) is 13.3. The van der Waals surface area contributed by atoms with Gasteiger partial charge in [-0.25, -0.2) is 0 Å². The summed E-state index contributed by atoms with van der Waals surface area (Å²) < 4.78 is 5.69. The van der Waals surface area contributed by atoms with E-state index in [-0.39, 0.29) is 18.1 Å². The Balaban J connectivity index is 1.71. The van der Waals surface area contributed by atoms with E-state index in [4.69, 9.17) is 9.57 Å². The molecule has 0 saturated carbocycles. The Hall–Kier alpha value is -1.88. The standard InChI is InChI=1S/C17H22N2O3/c1-12-10-19(11-13(2)21-12)16(20)17(3)9-15(18-22-17)14-7-5-4-6-8-14/h4-8,12-13H,9-11H2,1-3H3/t12-,13-,17-/m1/s1. The molecule has 0 radical (unpaired) electrons. The summed E-state index contributed by atoms with van der Waals surface area (Å²) in [7, 11) is 0. The number of ether oxygens (including phenoxy) is 1. The predicted molar refractivity (Wildman–Crippen MR) is 83.7 cm³/mol. The first kappa shape index (κ1) is 15.0. The van der Waals surface area contributed by atoms with Crippen molar-refractivity contribution in [3.63, 3.8) is 0 Å². The summed E-state index contributed by atoms with van der Waals surface area (Å²) in [6.07, 6.45) is 0.593. The van der Waals surface area contributed by atoms with Crippen molar-refractivity contribution in [2.75, 3.05) is 13.1 Å². The molecule has 22 heavy (non-hydrogen) atoms. The largest absolute Gasteiger partial charge is 0.379 e. The SMILES string of the molecule is C[C@@H]1CN(C(=O)[C@@]2(C)CC(c3ccccc3)=NO2)C[C@@H](C)O1. The molecule has 0 spiro atoms. The molecule has 2 aliphatic rings. The van der Waals surface area contributed by atoms with E-state index < -0.39 is 5.60 Å². The zero-order chi connectivity index (χ0) is 15.7. The molecule has 0 bridgehead atoms. The summed E-state index contributed by atoms with van der Waals surface area (Å²) in [6, 6.07) is 9.84. The highest BCUT2D eigenvalue weighted by Crippen LogP contribution is 2.29. The van der Waals surface area contributed by atoms with E-state index in [0.29, 0.717) is 19.5 Å². The Kier molecular flexibility index (Phi) is 3.91. The molecule has 3 atom stereocenters. The number of amides is 1. The third-order valence-electron chi connectivity index (χ3n) is 4.13. The molecule has 0 aromatic heterocycles. The minimum Gasteiger partial charge on any atom is -0.379 e. The summed E-state index contributed by atoms with van der Waals surface area (Å²) in [6.45, 7) is 6.99. The molecule has 1 saturated heterocycles. The number of carbonyl (C=O) groups is 1. The molecular formula is C17H22N2O3. The quantitative estimate of drug-likeness (QED) is 0.841. The Morgan fingerprint density at radius 3 is 2.50 bits per heavy atom. The second-order valence-corrected chi connectivity index (χ2v) is 6.37. The van der Waals surface area contributed by atoms with Gasteiger partial charge in [0, 0.05) is 19.5 Å². The highest BCUT2D eigenvalue weighted by Gasteiger charge is 2.45. The third-order valence-corrected chi connectivity index (χ3v) is 4.13. The molecule has 1 amide bonds. The van der Waals surface area contributed by atoms with Crippen LogP contribution in [0.1, 0.15) is 32.8 Å². The number of benzene rings is 1. The second-order valence-electron chi connectivity index (χ2n) is 6.37. The molecule has 3 rings (SSSR count). The lowest BCUT2D eigenvalue weighted by Crippen LogP contribution is -2.55. The van der Waals surface area contributed by atoms with Gasteiger partial charge in [0.05, 0.1) is 17.9 Å². The van der Waals surface area contributed by atoms with Crippen molar-refractivity contribution >= 4 is 11.6 Å². The van der Waals surface area contributed by atoms with E-state index in [9.17, 15) is 4.79 Å². The van der Waals surface area contributed by atoms with E-state index in [2.05, 4.69) is 5.16 Å². The average molecular weight is 302 g/mol. The summed E-state index contributed by atoms with van der Waals surface area (Å²) >= 11 is 0. The smallest absolute Gasteiger partial charge is 0.269 e. The van der Waals surface area contributed by atoms with E-state index in [0.717, 1.165) is 11.3 Å². The minimum atomic E-state index is -0.915. The molecule has 0 unspecified atom stereocenters. The fraction of sp³-hybridized carbons (Fsp3) is 0.529. The first-order chi connectivity index (χ1) is 10.5.